The number of aliphatic hydroxyl groups is 1. The molecule has 0 aromatic heterocycles. The second-order valence-corrected chi connectivity index (χ2v) is 6.83. The Bertz CT molecular complexity index is 771. The molecule has 0 unspecified atom stereocenters. The van der Waals surface area contributed by atoms with Crippen LogP contribution >= 0.6 is 0 Å². The van der Waals surface area contributed by atoms with Crippen LogP contribution in [0.5, 0.6) is 0 Å². The Kier molecular flexibility index (Phi) is 6.50. The number of Topliss-reactive ketones (excluding diaryl/α,β-unsaturated/α-hetero) is 1. The number of non-ortho nitro benzene ring substituents is 1. The second kappa shape index (κ2) is 8.47. The molecule has 0 aliphatic heterocycles. The van der Waals surface area contributed by atoms with Crippen LogP contribution in [0.3, 0.4) is 0 Å². The molecule has 1 N–H and O–H groups in total. The topological polar surface area (TPSA) is 133 Å². The summed E-state index contributed by atoms with van der Waals surface area (Å²) in [6.45, 7) is 4.62. The summed E-state index contributed by atoms with van der Waals surface area (Å²) in [5, 5.41) is 21.7. The highest BCUT2D eigenvalue weighted by atomic mass is 16.6. The third-order valence-electron chi connectivity index (χ3n) is 4.84. The standard InChI is InChI=1S/C19H23NO8/c1-4-27-17(22)15-13(21)10-19(3,24)16(18(23)28-5-2)14(15)11-6-8-12(9-7-11)20(25)26/h6-9,14-16,24H,4-5,10H2,1-3H3/t14-,15+,16-,19+/m1/s1. The van der Waals surface area contributed by atoms with E-state index < -0.39 is 52.4 Å². The van der Waals surface area contributed by atoms with E-state index in [1.165, 1.54) is 31.2 Å². The minimum atomic E-state index is -1.75. The molecule has 0 heterocycles. The van der Waals surface area contributed by atoms with E-state index in [1.54, 1.807) is 13.8 Å². The van der Waals surface area contributed by atoms with Gasteiger partial charge in [0, 0.05) is 24.5 Å². The number of nitrogens with zero attached hydrogens (tertiary/aromatic N) is 1. The largest absolute Gasteiger partial charge is 0.466 e. The quantitative estimate of drug-likeness (QED) is 0.334. The molecule has 0 bridgehead atoms. The van der Waals surface area contributed by atoms with E-state index in [9.17, 15) is 29.6 Å². The van der Waals surface area contributed by atoms with Gasteiger partial charge in [-0.15, -0.1) is 0 Å². The monoisotopic (exact) mass is 393 g/mol. The van der Waals surface area contributed by atoms with Crippen molar-refractivity contribution in [3.63, 3.8) is 0 Å². The minimum absolute atomic E-state index is 0.0378. The molecule has 2 rings (SSSR count). The summed E-state index contributed by atoms with van der Waals surface area (Å²) >= 11 is 0. The van der Waals surface area contributed by atoms with E-state index in [0.29, 0.717) is 5.56 Å². The van der Waals surface area contributed by atoms with Gasteiger partial charge < -0.3 is 14.6 Å². The van der Waals surface area contributed by atoms with Crippen LogP contribution in [0.4, 0.5) is 5.69 Å². The molecule has 1 aliphatic carbocycles. The fraction of sp³-hybridized carbons (Fsp3) is 0.526. The number of carbonyl (C=O) groups is 3. The molecule has 0 saturated heterocycles. The molecule has 9 heteroatoms. The van der Waals surface area contributed by atoms with E-state index in [-0.39, 0.29) is 18.9 Å². The van der Waals surface area contributed by atoms with Gasteiger partial charge in [0.05, 0.1) is 29.7 Å². The Labute approximate surface area is 161 Å². The van der Waals surface area contributed by atoms with Gasteiger partial charge in [0.2, 0.25) is 0 Å². The molecule has 1 fully saturated rings. The molecule has 0 spiro atoms. The predicted octanol–water partition coefficient (Wildman–Crippen LogP) is 1.76. The van der Waals surface area contributed by atoms with Crippen LogP contribution in [-0.4, -0.2) is 46.6 Å². The molecule has 4 atom stereocenters. The Balaban J connectivity index is 2.61. The SMILES string of the molecule is CCOC(=O)[C@H]1C(=O)C[C@](C)(O)[C@@H](C(=O)OCC)[C@@H]1c1ccc([N+](=O)[O-])cc1. The molecule has 1 saturated carbocycles. The van der Waals surface area contributed by atoms with E-state index in [0.717, 1.165) is 0 Å². The summed E-state index contributed by atoms with van der Waals surface area (Å²) in [7, 11) is 0. The van der Waals surface area contributed by atoms with Gasteiger partial charge in [-0.1, -0.05) is 12.1 Å². The fourth-order valence-corrected chi connectivity index (χ4v) is 3.70. The molecule has 0 amide bonds. The molecule has 1 aromatic carbocycles. The number of benzene rings is 1. The van der Waals surface area contributed by atoms with Crippen LogP contribution in [0, 0.1) is 22.0 Å². The lowest BCUT2D eigenvalue weighted by Crippen LogP contribution is -2.55. The number of esters is 2. The Morgan fingerprint density at radius 2 is 1.71 bits per heavy atom. The van der Waals surface area contributed by atoms with Gasteiger partial charge in [-0.05, 0) is 26.3 Å². The summed E-state index contributed by atoms with van der Waals surface area (Å²) in [5.41, 5.74) is -1.60. The van der Waals surface area contributed by atoms with Gasteiger partial charge >= 0.3 is 11.9 Å². The van der Waals surface area contributed by atoms with Gasteiger partial charge in [-0.3, -0.25) is 24.5 Å². The number of nitro benzene ring substituents is 1. The summed E-state index contributed by atoms with van der Waals surface area (Å²) in [6.07, 6.45) is -0.413. The van der Waals surface area contributed by atoms with E-state index >= 15 is 0 Å². The van der Waals surface area contributed by atoms with Crippen LogP contribution in [0.1, 0.15) is 38.7 Å². The number of ketones is 1. The van der Waals surface area contributed by atoms with Crippen molar-refractivity contribution in [2.24, 2.45) is 11.8 Å². The summed E-state index contributed by atoms with van der Waals surface area (Å²) in [4.78, 5) is 48.2. The maximum Gasteiger partial charge on any atom is 0.317 e. The molecule has 1 aromatic rings. The van der Waals surface area contributed by atoms with Gasteiger partial charge in [-0.2, -0.15) is 0 Å². The average molecular weight is 393 g/mol. The summed E-state index contributed by atoms with van der Waals surface area (Å²) < 4.78 is 10.1. The van der Waals surface area contributed by atoms with Crippen LogP contribution in [0.2, 0.25) is 0 Å². The van der Waals surface area contributed by atoms with Crippen molar-refractivity contribution in [2.75, 3.05) is 13.2 Å². The zero-order chi connectivity index (χ0) is 21.1. The molecule has 0 radical (unpaired) electrons. The molecular formula is C19H23NO8. The van der Waals surface area contributed by atoms with Gasteiger partial charge in [0.1, 0.15) is 5.92 Å². The van der Waals surface area contributed by atoms with Crippen LogP contribution in [0.15, 0.2) is 24.3 Å². The van der Waals surface area contributed by atoms with Crippen molar-refractivity contribution < 1.29 is 33.9 Å². The third kappa shape index (κ3) is 4.19. The van der Waals surface area contributed by atoms with Crippen molar-refractivity contribution in [1.82, 2.24) is 0 Å². The first kappa shape index (κ1) is 21.5. The van der Waals surface area contributed by atoms with E-state index in [1.807, 2.05) is 0 Å². The maximum absolute atomic E-state index is 12.7. The van der Waals surface area contributed by atoms with Gasteiger partial charge in [0.15, 0.2) is 5.78 Å². The van der Waals surface area contributed by atoms with Crippen molar-refractivity contribution in [2.45, 2.75) is 38.7 Å². The molecular weight excluding hydrogens is 370 g/mol. The lowest BCUT2D eigenvalue weighted by Gasteiger charge is -2.43. The fourth-order valence-electron chi connectivity index (χ4n) is 3.70. The molecule has 1 aliphatic rings. The lowest BCUT2D eigenvalue weighted by molar-refractivity contribution is -0.384. The normalized spacial score (nSPS) is 27.1. The molecule has 152 valence electrons. The van der Waals surface area contributed by atoms with Crippen LogP contribution in [0.25, 0.3) is 0 Å². The van der Waals surface area contributed by atoms with Crippen molar-refractivity contribution in [3.8, 4) is 0 Å². The lowest BCUT2D eigenvalue weighted by atomic mass is 9.61. The van der Waals surface area contributed by atoms with Crippen molar-refractivity contribution >= 4 is 23.4 Å². The van der Waals surface area contributed by atoms with Crippen LogP contribution < -0.4 is 0 Å². The zero-order valence-corrected chi connectivity index (χ0v) is 15.9. The minimum Gasteiger partial charge on any atom is -0.466 e. The first-order valence-electron chi connectivity index (χ1n) is 8.96. The van der Waals surface area contributed by atoms with E-state index in [2.05, 4.69) is 0 Å². The number of hydrogen-bond donors (Lipinski definition) is 1. The third-order valence-corrected chi connectivity index (χ3v) is 4.84. The Morgan fingerprint density at radius 1 is 1.18 bits per heavy atom. The Morgan fingerprint density at radius 3 is 2.21 bits per heavy atom. The molecule has 28 heavy (non-hydrogen) atoms. The van der Waals surface area contributed by atoms with Crippen molar-refractivity contribution in [1.29, 1.82) is 0 Å². The number of rotatable bonds is 6. The highest BCUT2D eigenvalue weighted by molar-refractivity contribution is 6.02. The average Bonchev–Trinajstić information content (AvgIpc) is 2.60. The maximum atomic E-state index is 12.7. The first-order valence-corrected chi connectivity index (χ1v) is 8.96. The van der Waals surface area contributed by atoms with Gasteiger partial charge in [0.25, 0.3) is 5.69 Å². The molecule has 9 nitrogen and oxygen atoms in total. The highest BCUT2D eigenvalue weighted by Gasteiger charge is 2.57. The Hall–Kier alpha value is -2.81. The number of ether oxygens (including phenoxy) is 2. The summed E-state index contributed by atoms with van der Waals surface area (Å²) in [6, 6.07) is 5.17. The summed E-state index contributed by atoms with van der Waals surface area (Å²) in [5.74, 6) is -5.74. The predicted molar refractivity (Wildman–Crippen MR) is 96.3 cm³/mol. The van der Waals surface area contributed by atoms with Crippen molar-refractivity contribution in [3.05, 3.63) is 39.9 Å². The smallest absolute Gasteiger partial charge is 0.317 e. The zero-order valence-electron chi connectivity index (χ0n) is 15.9. The second-order valence-electron chi connectivity index (χ2n) is 6.83. The van der Waals surface area contributed by atoms with E-state index in [4.69, 9.17) is 9.47 Å². The number of nitro groups is 1. The highest BCUT2D eigenvalue weighted by Crippen LogP contribution is 2.46. The number of hydrogen-bond acceptors (Lipinski definition) is 8. The van der Waals surface area contributed by atoms with Crippen LogP contribution in [-0.2, 0) is 23.9 Å². The first-order chi connectivity index (χ1) is 13.1. The van der Waals surface area contributed by atoms with Gasteiger partial charge in [-0.25, -0.2) is 0 Å². The number of carbonyl (C=O) groups excluding carboxylic acids is 3.